The Morgan fingerprint density at radius 1 is 1.82 bits per heavy atom. The summed E-state index contributed by atoms with van der Waals surface area (Å²) < 4.78 is 6.68. The number of ether oxygens (including phenoxy) is 1. The van der Waals surface area contributed by atoms with Gasteiger partial charge in [0.15, 0.2) is 0 Å². The summed E-state index contributed by atoms with van der Waals surface area (Å²) in [5.41, 5.74) is 0.884. The van der Waals surface area contributed by atoms with Gasteiger partial charge in [-0.1, -0.05) is 0 Å². The molecule has 0 atom stereocenters. The minimum absolute atomic E-state index is 0.378. The summed E-state index contributed by atoms with van der Waals surface area (Å²) in [6, 6.07) is 2.05. The zero-order valence-electron chi connectivity index (χ0n) is 6.32. The second kappa shape index (κ2) is 3.74. The van der Waals surface area contributed by atoms with Gasteiger partial charge in [0.1, 0.15) is 6.73 Å². The van der Waals surface area contributed by atoms with Crippen molar-refractivity contribution in [3.8, 4) is 6.07 Å². The lowest BCUT2D eigenvalue weighted by atomic mass is 10.3. The number of nitrogens with zero attached hydrogens (tertiary/aromatic N) is 3. The lowest BCUT2D eigenvalue weighted by Crippen LogP contribution is -2.02. The Hall–Kier alpha value is -1.34. The molecule has 1 heterocycles. The van der Waals surface area contributed by atoms with Crippen molar-refractivity contribution >= 4 is 0 Å². The third-order valence-electron chi connectivity index (χ3n) is 1.33. The van der Waals surface area contributed by atoms with E-state index in [0.717, 1.165) is 5.69 Å². The molecule has 0 unspecified atom stereocenters. The van der Waals surface area contributed by atoms with Crippen LogP contribution in [0.2, 0.25) is 0 Å². The third-order valence-corrected chi connectivity index (χ3v) is 1.33. The number of nitriles is 1. The van der Waals surface area contributed by atoms with E-state index in [1.807, 2.05) is 0 Å². The van der Waals surface area contributed by atoms with Gasteiger partial charge in [-0.2, -0.15) is 5.26 Å². The molecule has 0 radical (unpaired) electrons. The van der Waals surface area contributed by atoms with E-state index in [-0.39, 0.29) is 0 Å². The predicted octanol–water partition coefficient (Wildman–Crippen LogP) is 0.553. The molecular formula is C7H9N3O. The van der Waals surface area contributed by atoms with Crippen LogP contribution in [0.5, 0.6) is 0 Å². The highest BCUT2D eigenvalue weighted by Crippen LogP contribution is 1.98. The lowest BCUT2D eigenvalue weighted by Gasteiger charge is -2.01. The van der Waals surface area contributed by atoms with Gasteiger partial charge in [0, 0.05) is 13.3 Å². The zero-order valence-corrected chi connectivity index (χ0v) is 6.32. The SMILES string of the molecule is COCn1cncc1CC#N. The summed E-state index contributed by atoms with van der Waals surface area (Å²) in [5, 5.41) is 8.40. The first-order chi connectivity index (χ1) is 5.38. The van der Waals surface area contributed by atoms with Gasteiger partial charge in [0.05, 0.1) is 24.5 Å². The fraction of sp³-hybridized carbons (Fsp3) is 0.429. The van der Waals surface area contributed by atoms with Gasteiger partial charge in [0.25, 0.3) is 0 Å². The van der Waals surface area contributed by atoms with Crippen LogP contribution in [-0.4, -0.2) is 16.7 Å². The van der Waals surface area contributed by atoms with Crippen LogP contribution < -0.4 is 0 Å². The van der Waals surface area contributed by atoms with Gasteiger partial charge in [-0.3, -0.25) is 0 Å². The molecule has 0 saturated carbocycles. The molecule has 58 valence electrons. The number of hydrogen-bond acceptors (Lipinski definition) is 3. The summed E-state index contributed by atoms with van der Waals surface area (Å²) in [6.07, 6.45) is 3.70. The highest BCUT2D eigenvalue weighted by molar-refractivity contribution is 5.04. The number of rotatable bonds is 3. The molecule has 0 aromatic carbocycles. The van der Waals surface area contributed by atoms with Gasteiger partial charge >= 0.3 is 0 Å². The van der Waals surface area contributed by atoms with Crippen LogP contribution in [0.15, 0.2) is 12.5 Å². The maximum absolute atomic E-state index is 8.40. The van der Waals surface area contributed by atoms with Crippen molar-refractivity contribution in [2.75, 3.05) is 7.11 Å². The smallest absolute Gasteiger partial charge is 0.123 e. The number of methoxy groups -OCH3 is 1. The minimum atomic E-state index is 0.378. The van der Waals surface area contributed by atoms with Crippen molar-refractivity contribution < 1.29 is 4.74 Å². The normalized spacial score (nSPS) is 9.45. The summed E-state index contributed by atoms with van der Waals surface area (Å²) in [6.45, 7) is 0.455. The van der Waals surface area contributed by atoms with Gasteiger partial charge < -0.3 is 9.30 Å². The number of hydrogen-bond donors (Lipinski definition) is 0. The summed E-state index contributed by atoms with van der Waals surface area (Å²) in [4.78, 5) is 3.89. The van der Waals surface area contributed by atoms with E-state index in [0.29, 0.717) is 13.2 Å². The molecule has 4 nitrogen and oxygen atoms in total. The standard InChI is InChI=1S/C7H9N3O/c1-11-6-10-5-9-4-7(10)2-3-8/h4-5H,2,6H2,1H3. The molecule has 4 heteroatoms. The molecule has 0 saturated heterocycles. The van der Waals surface area contributed by atoms with Crippen LogP contribution in [0.25, 0.3) is 0 Å². The molecule has 0 aliphatic rings. The Morgan fingerprint density at radius 2 is 2.64 bits per heavy atom. The molecule has 11 heavy (non-hydrogen) atoms. The van der Waals surface area contributed by atoms with E-state index >= 15 is 0 Å². The molecule has 1 rings (SSSR count). The topological polar surface area (TPSA) is 50.8 Å². The van der Waals surface area contributed by atoms with E-state index in [4.69, 9.17) is 10.00 Å². The van der Waals surface area contributed by atoms with E-state index in [1.165, 1.54) is 0 Å². The Labute approximate surface area is 65.0 Å². The Morgan fingerprint density at radius 3 is 3.27 bits per heavy atom. The molecule has 0 aliphatic heterocycles. The molecule has 0 spiro atoms. The molecule has 0 fully saturated rings. The van der Waals surface area contributed by atoms with Crippen LogP contribution in [0.4, 0.5) is 0 Å². The second-order valence-corrected chi connectivity index (χ2v) is 2.11. The monoisotopic (exact) mass is 151 g/mol. The third kappa shape index (κ3) is 1.79. The second-order valence-electron chi connectivity index (χ2n) is 2.11. The Kier molecular flexibility index (Phi) is 2.64. The van der Waals surface area contributed by atoms with Gasteiger partial charge in [0.2, 0.25) is 0 Å². The molecule has 0 N–H and O–H groups in total. The number of imidazole rings is 1. The average Bonchev–Trinajstić information content (AvgIpc) is 2.39. The predicted molar refractivity (Wildman–Crippen MR) is 38.6 cm³/mol. The van der Waals surface area contributed by atoms with Gasteiger partial charge in [-0.05, 0) is 0 Å². The van der Waals surface area contributed by atoms with Crippen LogP contribution >= 0.6 is 0 Å². The molecule has 0 amide bonds. The highest BCUT2D eigenvalue weighted by Gasteiger charge is 1.98. The lowest BCUT2D eigenvalue weighted by molar-refractivity contribution is 0.129. The quantitative estimate of drug-likeness (QED) is 0.634. The van der Waals surface area contributed by atoms with E-state index < -0.39 is 0 Å². The maximum atomic E-state index is 8.40. The van der Waals surface area contributed by atoms with Gasteiger partial charge in [-0.15, -0.1) is 0 Å². The fourth-order valence-corrected chi connectivity index (χ4v) is 0.832. The van der Waals surface area contributed by atoms with Crippen LogP contribution in [0, 0.1) is 11.3 Å². The van der Waals surface area contributed by atoms with Crippen LogP contribution in [-0.2, 0) is 17.9 Å². The van der Waals surface area contributed by atoms with E-state index in [1.54, 1.807) is 24.2 Å². The van der Waals surface area contributed by atoms with Crippen molar-refractivity contribution in [2.45, 2.75) is 13.2 Å². The summed E-state index contributed by atoms with van der Waals surface area (Å²) >= 11 is 0. The highest BCUT2D eigenvalue weighted by atomic mass is 16.5. The number of aromatic nitrogens is 2. The Bertz CT molecular complexity index is 261. The minimum Gasteiger partial charge on any atom is -0.364 e. The van der Waals surface area contributed by atoms with Crippen molar-refractivity contribution in [1.82, 2.24) is 9.55 Å². The Balaban J connectivity index is 2.71. The van der Waals surface area contributed by atoms with Crippen LogP contribution in [0.3, 0.4) is 0 Å². The van der Waals surface area contributed by atoms with Crippen molar-refractivity contribution in [2.24, 2.45) is 0 Å². The first-order valence-electron chi connectivity index (χ1n) is 3.23. The molecule has 1 aromatic heterocycles. The zero-order chi connectivity index (χ0) is 8.10. The molecular weight excluding hydrogens is 142 g/mol. The fourth-order valence-electron chi connectivity index (χ4n) is 0.832. The molecule has 1 aromatic rings. The van der Waals surface area contributed by atoms with Gasteiger partial charge in [-0.25, -0.2) is 4.98 Å². The van der Waals surface area contributed by atoms with Crippen molar-refractivity contribution in [3.63, 3.8) is 0 Å². The largest absolute Gasteiger partial charge is 0.364 e. The summed E-state index contributed by atoms with van der Waals surface area (Å²) in [5.74, 6) is 0. The van der Waals surface area contributed by atoms with Crippen LogP contribution in [0.1, 0.15) is 5.69 Å². The maximum Gasteiger partial charge on any atom is 0.123 e. The molecule has 0 bridgehead atoms. The summed E-state index contributed by atoms with van der Waals surface area (Å²) in [7, 11) is 1.61. The van der Waals surface area contributed by atoms with Crippen molar-refractivity contribution in [3.05, 3.63) is 18.2 Å². The first kappa shape index (κ1) is 7.76. The van der Waals surface area contributed by atoms with E-state index in [2.05, 4.69) is 11.1 Å². The van der Waals surface area contributed by atoms with E-state index in [9.17, 15) is 0 Å². The average molecular weight is 151 g/mol. The van der Waals surface area contributed by atoms with Crippen molar-refractivity contribution in [1.29, 1.82) is 5.26 Å². The first-order valence-corrected chi connectivity index (χ1v) is 3.23. The molecule has 0 aliphatic carbocycles.